The van der Waals surface area contributed by atoms with Crippen molar-refractivity contribution < 1.29 is 0 Å². The van der Waals surface area contributed by atoms with E-state index in [4.69, 9.17) is 0 Å². The van der Waals surface area contributed by atoms with E-state index in [2.05, 4.69) is 58.7 Å². The Morgan fingerprint density at radius 2 is 2.11 bits per heavy atom. The molecule has 2 aromatic rings. The minimum Gasteiger partial charge on any atom is -0.364 e. The highest BCUT2D eigenvalue weighted by atomic mass is 15.5. The van der Waals surface area contributed by atoms with Gasteiger partial charge in [0.2, 0.25) is 0 Å². The highest BCUT2D eigenvalue weighted by Gasteiger charge is 2.16. The molecule has 0 radical (unpaired) electrons. The van der Waals surface area contributed by atoms with Crippen LogP contribution in [0.25, 0.3) is 5.65 Å². The van der Waals surface area contributed by atoms with Crippen LogP contribution in [0.3, 0.4) is 0 Å². The lowest BCUT2D eigenvalue weighted by Crippen LogP contribution is -2.37. The van der Waals surface area contributed by atoms with E-state index in [1.54, 1.807) is 16.9 Å². The summed E-state index contributed by atoms with van der Waals surface area (Å²) >= 11 is 0. The summed E-state index contributed by atoms with van der Waals surface area (Å²) in [5.74, 6) is 1.32. The van der Waals surface area contributed by atoms with Crippen molar-refractivity contribution in [2.75, 3.05) is 26.0 Å². The van der Waals surface area contributed by atoms with Gasteiger partial charge < -0.3 is 10.2 Å². The second kappa shape index (κ2) is 5.26. The average molecular weight is 249 g/mol. The van der Waals surface area contributed by atoms with Gasteiger partial charge in [0, 0.05) is 12.6 Å². The first-order chi connectivity index (χ1) is 8.58. The number of aromatic nitrogens is 5. The molecule has 7 nitrogen and oxygen atoms in total. The van der Waals surface area contributed by atoms with Crippen molar-refractivity contribution in [2.24, 2.45) is 5.92 Å². The van der Waals surface area contributed by atoms with Gasteiger partial charge in [-0.05, 0) is 30.4 Å². The molecule has 7 heteroatoms. The molecule has 0 saturated carbocycles. The molecule has 0 saturated heterocycles. The molecule has 18 heavy (non-hydrogen) atoms. The van der Waals surface area contributed by atoms with Crippen LogP contribution in [0, 0.1) is 5.92 Å². The maximum Gasteiger partial charge on any atom is 0.199 e. The molecule has 2 heterocycles. The van der Waals surface area contributed by atoms with E-state index in [0.29, 0.717) is 17.6 Å². The number of hydrogen-bond acceptors (Lipinski definition) is 6. The smallest absolute Gasteiger partial charge is 0.199 e. The van der Waals surface area contributed by atoms with Crippen molar-refractivity contribution >= 4 is 11.5 Å². The second-order valence-electron chi connectivity index (χ2n) is 5.00. The molecule has 2 aromatic heterocycles. The maximum atomic E-state index is 4.14. The minimum atomic E-state index is 0.316. The van der Waals surface area contributed by atoms with Crippen LogP contribution in [0.2, 0.25) is 0 Å². The Morgan fingerprint density at radius 1 is 1.33 bits per heavy atom. The Hall–Kier alpha value is -1.76. The third-order valence-corrected chi connectivity index (χ3v) is 2.81. The van der Waals surface area contributed by atoms with Gasteiger partial charge in [0.05, 0.1) is 12.4 Å². The molecule has 2 rings (SSSR count). The van der Waals surface area contributed by atoms with Crippen molar-refractivity contribution in [3.63, 3.8) is 0 Å². The fraction of sp³-hybridized carbons (Fsp3) is 0.636. The van der Waals surface area contributed by atoms with Crippen molar-refractivity contribution in [1.29, 1.82) is 0 Å². The normalized spacial score (nSPS) is 13.4. The number of hydrogen-bond donors (Lipinski definition) is 1. The molecule has 0 aliphatic carbocycles. The molecule has 0 aromatic carbocycles. The molecule has 0 bridgehead atoms. The summed E-state index contributed by atoms with van der Waals surface area (Å²) < 4.78 is 1.66. The summed E-state index contributed by atoms with van der Waals surface area (Å²) in [7, 11) is 4.12. The molecular weight excluding hydrogens is 230 g/mol. The third-order valence-electron chi connectivity index (χ3n) is 2.81. The molecule has 1 unspecified atom stereocenters. The number of nitrogens with zero attached hydrogens (tertiary/aromatic N) is 6. The Kier molecular flexibility index (Phi) is 3.71. The summed E-state index contributed by atoms with van der Waals surface area (Å²) in [6, 6.07) is 0.316. The summed E-state index contributed by atoms with van der Waals surface area (Å²) in [6.45, 7) is 5.32. The zero-order valence-corrected chi connectivity index (χ0v) is 11.2. The van der Waals surface area contributed by atoms with E-state index in [9.17, 15) is 0 Å². The molecule has 0 aliphatic rings. The van der Waals surface area contributed by atoms with Crippen LogP contribution >= 0.6 is 0 Å². The topological polar surface area (TPSA) is 71.2 Å². The van der Waals surface area contributed by atoms with Crippen LogP contribution < -0.4 is 5.32 Å². The van der Waals surface area contributed by atoms with E-state index < -0.39 is 0 Å². The molecule has 98 valence electrons. The highest BCUT2D eigenvalue weighted by molar-refractivity contribution is 5.44. The third kappa shape index (κ3) is 2.73. The summed E-state index contributed by atoms with van der Waals surface area (Å²) in [5, 5.41) is 14.9. The molecule has 0 spiro atoms. The van der Waals surface area contributed by atoms with Crippen LogP contribution in [0.1, 0.15) is 13.8 Å². The lowest BCUT2D eigenvalue weighted by atomic mass is 10.0. The molecule has 0 fully saturated rings. The van der Waals surface area contributed by atoms with Gasteiger partial charge >= 0.3 is 0 Å². The van der Waals surface area contributed by atoms with Crippen LogP contribution in [-0.2, 0) is 0 Å². The quantitative estimate of drug-likeness (QED) is 0.833. The molecule has 1 atom stereocenters. The number of anilines is 1. The number of rotatable bonds is 5. The predicted molar refractivity (Wildman–Crippen MR) is 69.4 cm³/mol. The van der Waals surface area contributed by atoms with Crippen LogP contribution in [0.15, 0.2) is 12.4 Å². The summed E-state index contributed by atoms with van der Waals surface area (Å²) in [6.07, 6.45) is 3.38. The predicted octanol–water partition coefficient (Wildman–Crippen LogP) is 0.517. The van der Waals surface area contributed by atoms with Crippen molar-refractivity contribution in [3.05, 3.63) is 12.4 Å². The number of likely N-dealkylation sites (N-methyl/N-ethyl adjacent to an activating group) is 1. The largest absolute Gasteiger partial charge is 0.364 e. The minimum absolute atomic E-state index is 0.316. The van der Waals surface area contributed by atoms with Gasteiger partial charge in [0.1, 0.15) is 0 Å². The zero-order valence-electron chi connectivity index (χ0n) is 11.2. The first-order valence-electron chi connectivity index (χ1n) is 6.01. The SMILES string of the molecule is CC(C)C(CN(C)C)Nc1cncc2nnnn12. The van der Waals surface area contributed by atoms with Gasteiger partial charge in [-0.2, -0.15) is 4.52 Å². The van der Waals surface area contributed by atoms with Gasteiger partial charge in [0.25, 0.3) is 0 Å². The Bertz CT molecular complexity index is 505. The lowest BCUT2D eigenvalue weighted by Gasteiger charge is -2.26. The van der Waals surface area contributed by atoms with Crippen molar-refractivity contribution in [1.82, 2.24) is 29.9 Å². The monoisotopic (exact) mass is 249 g/mol. The standard InChI is InChI=1S/C11H19N7/c1-8(2)9(7-17(3)4)13-10-5-12-6-11-14-15-16-18(10)11/h5-6,8-9,13H,7H2,1-4H3. The van der Waals surface area contributed by atoms with E-state index >= 15 is 0 Å². The van der Waals surface area contributed by atoms with Crippen LogP contribution in [0.5, 0.6) is 0 Å². The Balaban J connectivity index is 2.22. The number of tetrazole rings is 1. The van der Waals surface area contributed by atoms with Gasteiger partial charge in [-0.3, -0.25) is 4.98 Å². The summed E-state index contributed by atoms with van der Waals surface area (Å²) in [4.78, 5) is 6.29. The van der Waals surface area contributed by atoms with E-state index in [0.717, 1.165) is 12.4 Å². The van der Waals surface area contributed by atoms with Crippen LogP contribution in [0.4, 0.5) is 5.82 Å². The van der Waals surface area contributed by atoms with E-state index in [1.165, 1.54) is 0 Å². The number of nitrogens with one attached hydrogen (secondary N) is 1. The molecule has 0 amide bonds. The number of fused-ring (bicyclic) bond motifs is 1. The lowest BCUT2D eigenvalue weighted by molar-refractivity contribution is 0.344. The second-order valence-corrected chi connectivity index (χ2v) is 5.00. The first-order valence-corrected chi connectivity index (χ1v) is 6.01. The fourth-order valence-electron chi connectivity index (χ4n) is 1.78. The summed E-state index contributed by atoms with van der Waals surface area (Å²) in [5.41, 5.74) is 0.646. The zero-order chi connectivity index (χ0) is 13.1. The molecule has 0 aliphatic heterocycles. The average Bonchev–Trinajstić information content (AvgIpc) is 2.76. The van der Waals surface area contributed by atoms with Gasteiger partial charge in [-0.1, -0.05) is 13.8 Å². The maximum absolute atomic E-state index is 4.14. The van der Waals surface area contributed by atoms with Crippen molar-refractivity contribution in [3.8, 4) is 0 Å². The van der Waals surface area contributed by atoms with E-state index in [1.807, 2.05) is 0 Å². The van der Waals surface area contributed by atoms with Crippen LogP contribution in [-0.4, -0.2) is 56.6 Å². The molecular formula is C11H19N7. The Morgan fingerprint density at radius 3 is 2.78 bits per heavy atom. The molecule has 1 N–H and O–H groups in total. The Labute approximate surface area is 106 Å². The van der Waals surface area contributed by atoms with Crippen molar-refractivity contribution in [2.45, 2.75) is 19.9 Å². The van der Waals surface area contributed by atoms with E-state index in [-0.39, 0.29) is 0 Å². The highest BCUT2D eigenvalue weighted by Crippen LogP contribution is 2.12. The van der Waals surface area contributed by atoms with Gasteiger partial charge in [0.15, 0.2) is 11.5 Å². The van der Waals surface area contributed by atoms with Gasteiger partial charge in [-0.15, -0.1) is 5.10 Å². The van der Waals surface area contributed by atoms with Gasteiger partial charge in [-0.25, -0.2) is 0 Å². The first kappa shape index (κ1) is 12.7. The fourth-order valence-corrected chi connectivity index (χ4v) is 1.78.